The molecule has 0 saturated heterocycles. The van der Waals surface area contributed by atoms with Crippen molar-refractivity contribution in [2.45, 2.75) is 6.92 Å². The molecule has 0 spiro atoms. The molecule has 0 bridgehead atoms. The molecule has 1 aliphatic rings. The zero-order chi connectivity index (χ0) is 24.2. The molecule has 2 amide bonds. The van der Waals surface area contributed by atoms with E-state index in [2.05, 4.69) is 5.32 Å². The van der Waals surface area contributed by atoms with E-state index >= 15 is 0 Å². The van der Waals surface area contributed by atoms with Crippen LogP contribution in [0.5, 0.6) is 11.5 Å². The number of carbonyl (C=O) groups is 2. The Hall–Kier alpha value is -4.03. The van der Waals surface area contributed by atoms with Gasteiger partial charge < -0.3 is 14.8 Å². The summed E-state index contributed by atoms with van der Waals surface area (Å²) in [5.74, 6) is 0.856. The minimum absolute atomic E-state index is 0.160. The van der Waals surface area contributed by atoms with Gasteiger partial charge in [0.2, 0.25) is 5.91 Å². The number of benzene rings is 3. The third-order valence-corrected chi connectivity index (χ3v) is 5.55. The van der Waals surface area contributed by atoms with Gasteiger partial charge in [0.25, 0.3) is 5.91 Å². The molecule has 0 aromatic heterocycles. The highest BCUT2D eigenvalue weighted by atomic mass is 35.5. The standard InChI is InChI=1S/C27H23ClN2O4/c1-17(31)29-22-9-11-23(12-10-22)30-24(19-5-7-21(28)8-6-19)16-20(27(30)32)14-18-4-13-25(33-2)26(15-18)34-3/h4-16H,1-3H3,(H,29,31)/b20-14+. The van der Waals surface area contributed by atoms with Crippen LogP contribution in [0.25, 0.3) is 11.8 Å². The molecule has 7 heteroatoms. The number of rotatable bonds is 6. The van der Waals surface area contributed by atoms with E-state index in [9.17, 15) is 9.59 Å². The second-order valence-corrected chi connectivity index (χ2v) is 8.06. The van der Waals surface area contributed by atoms with Crippen molar-refractivity contribution in [1.82, 2.24) is 0 Å². The quantitative estimate of drug-likeness (QED) is 0.459. The van der Waals surface area contributed by atoms with Gasteiger partial charge in [0.1, 0.15) is 0 Å². The summed E-state index contributed by atoms with van der Waals surface area (Å²) in [5.41, 5.74) is 4.22. The van der Waals surface area contributed by atoms with Crippen molar-refractivity contribution in [1.29, 1.82) is 0 Å². The lowest BCUT2D eigenvalue weighted by molar-refractivity contribution is -0.114. The highest BCUT2D eigenvalue weighted by Gasteiger charge is 2.30. The summed E-state index contributed by atoms with van der Waals surface area (Å²) in [4.78, 5) is 26.6. The molecule has 0 unspecified atom stereocenters. The smallest absolute Gasteiger partial charge is 0.262 e. The second kappa shape index (κ2) is 9.85. The van der Waals surface area contributed by atoms with Crippen LogP contribution >= 0.6 is 11.6 Å². The molecule has 3 aromatic carbocycles. The number of anilines is 2. The Morgan fingerprint density at radius 1 is 0.941 bits per heavy atom. The SMILES string of the molecule is COc1ccc(/C=C2\C=C(c3ccc(Cl)cc3)N(c3ccc(NC(C)=O)cc3)C2=O)cc1OC. The fraction of sp³-hybridized carbons (Fsp3) is 0.111. The lowest BCUT2D eigenvalue weighted by atomic mass is 10.1. The Morgan fingerprint density at radius 3 is 2.24 bits per heavy atom. The topological polar surface area (TPSA) is 67.9 Å². The summed E-state index contributed by atoms with van der Waals surface area (Å²) in [7, 11) is 3.15. The van der Waals surface area contributed by atoms with Gasteiger partial charge in [-0.2, -0.15) is 0 Å². The largest absolute Gasteiger partial charge is 0.493 e. The van der Waals surface area contributed by atoms with Crippen LogP contribution in [0.4, 0.5) is 11.4 Å². The van der Waals surface area contributed by atoms with E-state index in [-0.39, 0.29) is 11.8 Å². The molecule has 0 fully saturated rings. The zero-order valence-electron chi connectivity index (χ0n) is 19.0. The van der Waals surface area contributed by atoms with E-state index in [0.29, 0.717) is 33.5 Å². The number of hydrogen-bond donors (Lipinski definition) is 1. The number of nitrogens with one attached hydrogen (secondary N) is 1. The van der Waals surface area contributed by atoms with E-state index in [0.717, 1.165) is 16.8 Å². The second-order valence-electron chi connectivity index (χ2n) is 7.62. The molecule has 1 heterocycles. The molecular formula is C27H23ClN2O4. The fourth-order valence-corrected chi connectivity index (χ4v) is 3.85. The molecular weight excluding hydrogens is 452 g/mol. The van der Waals surface area contributed by atoms with E-state index in [1.165, 1.54) is 6.92 Å². The summed E-state index contributed by atoms with van der Waals surface area (Å²) in [6.07, 6.45) is 3.66. The summed E-state index contributed by atoms with van der Waals surface area (Å²) < 4.78 is 10.7. The monoisotopic (exact) mass is 474 g/mol. The first-order chi connectivity index (χ1) is 16.4. The molecule has 6 nitrogen and oxygen atoms in total. The van der Waals surface area contributed by atoms with Gasteiger partial charge in [0.15, 0.2) is 11.5 Å². The average molecular weight is 475 g/mol. The Bertz CT molecular complexity index is 1300. The summed E-state index contributed by atoms with van der Waals surface area (Å²) in [5, 5.41) is 3.35. The van der Waals surface area contributed by atoms with Crippen LogP contribution in [0.3, 0.4) is 0 Å². The number of halogens is 1. The van der Waals surface area contributed by atoms with Crippen LogP contribution in [0.15, 0.2) is 78.4 Å². The van der Waals surface area contributed by atoms with Crippen molar-refractivity contribution in [3.63, 3.8) is 0 Å². The average Bonchev–Trinajstić information content (AvgIpc) is 3.15. The van der Waals surface area contributed by atoms with E-state index in [1.807, 2.05) is 36.4 Å². The van der Waals surface area contributed by atoms with Crippen LogP contribution in [-0.4, -0.2) is 26.0 Å². The van der Waals surface area contributed by atoms with Gasteiger partial charge in [-0.25, -0.2) is 0 Å². The lowest BCUT2D eigenvalue weighted by Gasteiger charge is -2.21. The minimum atomic E-state index is -0.174. The Morgan fingerprint density at radius 2 is 1.62 bits per heavy atom. The van der Waals surface area contributed by atoms with Gasteiger partial charge in [0, 0.05) is 28.9 Å². The summed E-state index contributed by atoms with van der Waals surface area (Å²) >= 11 is 6.08. The third kappa shape index (κ3) is 4.82. The van der Waals surface area contributed by atoms with Crippen LogP contribution in [0.2, 0.25) is 5.02 Å². The third-order valence-electron chi connectivity index (χ3n) is 5.30. The fourth-order valence-electron chi connectivity index (χ4n) is 3.72. The normalized spacial score (nSPS) is 14.2. The van der Waals surface area contributed by atoms with Crippen molar-refractivity contribution in [3.8, 4) is 11.5 Å². The van der Waals surface area contributed by atoms with Gasteiger partial charge in [-0.15, -0.1) is 0 Å². The first-order valence-corrected chi connectivity index (χ1v) is 10.9. The molecule has 1 N–H and O–H groups in total. The molecule has 0 saturated carbocycles. The lowest BCUT2D eigenvalue weighted by Crippen LogP contribution is -2.25. The highest BCUT2D eigenvalue weighted by molar-refractivity contribution is 6.30. The van der Waals surface area contributed by atoms with Crippen LogP contribution in [-0.2, 0) is 9.59 Å². The molecule has 0 radical (unpaired) electrons. The molecule has 1 aliphatic heterocycles. The van der Waals surface area contributed by atoms with Crippen LogP contribution in [0, 0.1) is 0 Å². The summed E-state index contributed by atoms with van der Waals surface area (Å²) in [6, 6.07) is 19.9. The molecule has 0 aliphatic carbocycles. The maximum atomic E-state index is 13.6. The van der Waals surface area contributed by atoms with E-state index < -0.39 is 0 Å². The molecule has 0 atom stereocenters. The number of nitrogens with zero attached hydrogens (tertiary/aromatic N) is 1. The van der Waals surface area contributed by atoms with Gasteiger partial charge in [-0.05, 0) is 71.8 Å². The van der Waals surface area contributed by atoms with Crippen molar-refractivity contribution < 1.29 is 19.1 Å². The Kier molecular flexibility index (Phi) is 6.70. The molecule has 3 aromatic rings. The van der Waals surface area contributed by atoms with Crippen molar-refractivity contribution in [2.24, 2.45) is 0 Å². The van der Waals surface area contributed by atoms with E-state index in [4.69, 9.17) is 21.1 Å². The maximum Gasteiger partial charge on any atom is 0.262 e. The summed E-state index contributed by atoms with van der Waals surface area (Å²) in [6.45, 7) is 1.45. The van der Waals surface area contributed by atoms with Gasteiger partial charge in [0.05, 0.1) is 19.9 Å². The minimum Gasteiger partial charge on any atom is -0.493 e. The van der Waals surface area contributed by atoms with E-state index in [1.54, 1.807) is 61.6 Å². The van der Waals surface area contributed by atoms with Gasteiger partial charge >= 0.3 is 0 Å². The number of hydrogen-bond acceptors (Lipinski definition) is 4. The number of carbonyl (C=O) groups excluding carboxylic acids is 2. The van der Waals surface area contributed by atoms with Crippen LogP contribution < -0.4 is 19.7 Å². The number of amides is 2. The van der Waals surface area contributed by atoms with Crippen molar-refractivity contribution in [3.05, 3.63) is 94.5 Å². The zero-order valence-corrected chi connectivity index (χ0v) is 19.7. The van der Waals surface area contributed by atoms with Crippen molar-refractivity contribution in [2.75, 3.05) is 24.4 Å². The van der Waals surface area contributed by atoms with Crippen molar-refractivity contribution >= 4 is 46.6 Å². The number of methoxy groups -OCH3 is 2. The first kappa shape index (κ1) is 23.1. The first-order valence-electron chi connectivity index (χ1n) is 10.5. The Balaban J connectivity index is 1.76. The van der Waals surface area contributed by atoms with Crippen LogP contribution in [0.1, 0.15) is 18.1 Å². The van der Waals surface area contributed by atoms with Gasteiger partial charge in [-0.1, -0.05) is 29.8 Å². The molecule has 172 valence electrons. The Labute approximate surface area is 203 Å². The van der Waals surface area contributed by atoms with Gasteiger partial charge in [-0.3, -0.25) is 14.5 Å². The molecule has 4 rings (SSSR count). The number of ether oxygens (including phenoxy) is 2. The predicted molar refractivity (Wildman–Crippen MR) is 135 cm³/mol. The molecule has 34 heavy (non-hydrogen) atoms. The predicted octanol–water partition coefficient (Wildman–Crippen LogP) is 5.79. The highest BCUT2D eigenvalue weighted by Crippen LogP contribution is 2.37. The maximum absolute atomic E-state index is 13.6.